The summed E-state index contributed by atoms with van der Waals surface area (Å²) in [5.41, 5.74) is 1.05. The van der Waals surface area contributed by atoms with Crippen LogP contribution in [0.4, 0.5) is 10.1 Å². The molecule has 0 aromatic heterocycles. The third-order valence-electron chi connectivity index (χ3n) is 2.96. The lowest BCUT2D eigenvalue weighted by Gasteiger charge is -2.10. The van der Waals surface area contributed by atoms with Crippen molar-refractivity contribution in [2.75, 3.05) is 11.9 Å². The number of halogens is 3. The lowest BCUT2D eigenvalue weighted by atomic mass is 10.2. The maximum atomic E-state index is 13.6. The molecule has 0 atom stereocenters. The van der Waals surface area contributed by atoms with Crippen molar-refractivity contribution in [2.45, 2.75) is 6.92 Å². The highest BCUT2D eigenvalue weighted by atomic mass is 79.9. The number of hydrogen-bond donors (Lipinski definition) is 1. The second-order valence-corrected chi connectivity index (χ2v) is 6.00. The summed E-state index contributed by atoms with van der Waals surface area (Å²) in [5, 5.41) is 2.54. The van der Waals surface area contributed by atoms with Crippen LogP contribution in [0.15, 0.2) is 40.9 Å². The van der Waals surface area contributed by atoms with Gasteiger partial charge in [0.05, 0.1) is 5.02 Å². The third kappa shape index (κ3) is 4.53. The average molecular weight is 401 g/mol. The van der Waals surface area contributed by atoms with Crippen LogP contribution >= 0.6 is 27.5 Å². The molecule has 7 heteroatoms. The fraction of sp³-hybridized carbons (Fsp3) is 0.125. The van der Waals surface area contributed by atoms with Crippen LogP contribution in [-0.2, 0) is 9.53 Å². The highest BCUT2D eigenvalue weighted by molar-refractivity contribution is 9.10. The predicted octanol–water partition coefficient (Wildman–Crippen LogP) is 4.35. The van der Waals surface area contributed by atoms with Crippen molar-refractivity contribution in [2.24, 2.45) is 0 Å². The number of benzene rings is 2. The summed E-state index contributed by atoms with van der Waals surface area (Å²) in [6, 6.07) is 9.15. The summed E-state index contributed by atoms with van der Waals surface area (Å²) >= 11 is 9.08. The summed E-state index contributed by atoms with van der Waals surface area (Å²) in [6.07, 6.45) is 0. The van der Waals surface area contributed by atoms with Gasteiger partial charge in [-0.2, -0.15) is 0 Å². The van der Waals surface area contributed by atoms with E-state index in [-0.39, 0.29) is 10.6 Å². The number of carbonyl (C=O) groups excluding carboxylic acids is 2. The van der Waals surface area contributed by atoms with Gasteiger partial charge in [0.1, 0.15) is 11.4 Å². The molecule has 23 heavy (non-hydrogen) atoms. The van der Waals surface area contributed by atoms with Gasteiger partial charge in [0.25, 0.3) is 5.91 Å². The monoisotopic (exact) mass is 399 g/mol. The van der Waals surface area contributed by atoms with Gasteiger partial charge in [0.2, 0.25) is 0 Å². The minimum absolute atomic E-state index is 0.0702. The molecule has 0 heterocycles. The topological polar surface area (TPSA) is 55.4 Å². The highest BCUT2D eigenvalue weighted by Crippen LogP contribution is 2.21. The second-order valence-electron chi connectivity index (χ2n) is 4.68. The predicted molar refractivity (Wildman–Crippen MR) is 89.2 cm³/mol. The molecule has 0 radical (unpaired) electrons. The van der Waals surface area contributed by atoms with Crippen molar-refractivity contribution >= 4 is 45.1 Å². The quantitative estimate of drug-likeness (QED) is 0.777. The van der Waals surface area contributed by atoms with Crippen molar-refractivity contribution < 1.29 is 18.7 Å². The lowest BCUT2D eigenvalue weighted by Crippen LogP contribution is -2.22. The Morgan fingerprint density at radius 3 is 2.70 bits per heavy atom. The Kier molecular flexibility index (Phi) is 5.74. The van der Waals surface area contributed by atoms with E-state index in [0.717, 1.165) is 16.1 Å². The number of ether oxygens (including phenoxy) is 1. The molecule has 0 aliphatic carbocycles. The SMILES string of the molecule is Cc1cc(Br)ccc1NC(=O)COC(=O)c1c(F)cccc1Cl. The molecule has 0 aliphatic rings. The summed E-state index contributed by atoms with van der Waals surface area (Å²) in [7, 11) is 0. The maximum Gasteiger partial charge on any atom is 0.343 e. The molecule has 0 saturated heterocycles. The van der Waals surface area contributed by atoms with Gasteiger partial charge in [-0.1, -0.05) is 33.6 Å². The first-order valence-electron chi connectivity index (χ1n) is 6.55. The van der Waals surface area contributed by atoms with Crippen molar-refractivity contribution in [1.29, 1.82) is 0 Å². The molecule has 0 bridgehead atoms. The van der Waals surface area contributed by atoms with E-state index in [0.29, 0.717) is 5.69 Å². The van der Waals surface area contributed by atoms with Gasteiger partial charge < -0.3 is 10.1 Å². The number of hydrogen-bond acceptors (Lipinski definition) is 3. The van der Waals surface area contributed by atoms with Crippen LogP contribution in [0.1, 0.15) is 15.9 Å². The van der Waals surface area contributed by atoms with E-state index < -0.39 is 24.3 Å². The first kappa shape index (κ1) is 17.4. The Bertz CT molecular complexity index is 747. The van der Waals surface area contributed by atoms with E-state index in [2.05, 4.69) is 21.2 Å². The third-order valence-corrected chi connectivity index (χ3v) is 3.77. The van der Waals surface area contributed by atoms with Crippen LogP contribution in [0, 0.1) is 12.7 Å². The van der Waals surface area contributed by atoms with Gasteiger partial charge in [-0.25, -0.2) is 9.18 Å². The molecule has 2 aromatic carbocycles. The zero-order valence-corrected chi connectivity index (χ0v) is 14.4. The standard InChI is InChI=1S/C16H12BrClFNO3/c1-9-7-10(17)5-6-13(9)20-14(21)8-23-16(22)15-11(18)3-2-4-12(15)19/h2-7H,8H2,1H3,(H,20,21). The normalized spacial score (nSPS) is 10.3. The maximum absolute atomic E-state index is 13.6. The molecule has 0 unspecified atom stereocenters. The van der Waals surface area contributed by atoms with Crippen LogP contribution in [0.2, 0.25) is 5.02 Å². The molecular formula is C16H12BrClFNO3. The smallest absolute Gasteiger partial charge is 0.343 e. The first-order chi connectivity index (χ1) is 10.9. The minimum atomic E-state index is -0.990. The van der Waals surface area contributed by atoms with Crippen LogP contribution in [0.3, 0.4) is 0 Å². The molecule has 0 spiro atoms. The summed E-state index contributed by atoms with van der Waals surface area (Å²) in [6.45, 7) is 1.28. The van der Waals surface area contributed by atoms with Crippen LogP contribution in [0.5, 0.6) is 0 Å². The number of aryl methyl sites for hydroxylation is 1. The Labute approximate surface area is 145 Å². The van der Waals surface area contributed by atoms with E-state index in [9.17, 15) is 14.0 Å². The molecule has 0 saturated carbocycles. The molecule has 0 aliphatic heterocycles. The van der Waals surface area contributed by atoms with E-state index in [4.69, 9.17) is 16.3 Å². The number of amides is 1. The molecule has 2 aromatic rings. The molecular weight excluding hydrogens is 389 g/mol. The second kappa shape index (κ2) is 7.57. The summed E-state index contributed by atoms with van der Waals surface area (Å²) < 4.78 is 19.3. The van der Waals surface area contributed by atoms with Gasteiger partial charge in [0.15, 0.2) is 6.61 Å². The highest BCUT2D eigenvalue weighted by Gasteiger charge is 2.18. The fourth-order valence-corrected chi connectivity index (χ4v) is 2.57. The van der Waals surface area contributed by atoms with Gasteiger partial charge >= 0.3 is 5.97 Å². The molecule has 0 fully saturated rings. The summed E-state index contributed by atoms with van der Waals surface area (Å²) in [4.78, 5) is 23.7. The van der Waals surface area contributed by atoms with Gasteiger partial charge in [0, 0.05) is 10.2 Å². The fourth-order valence-electron chi connectivity index (χ4n) is 1.85. The Morgan fingerprint density at radius 1 is 1.30 bits per heavy atom. The lowest BCUT2D eigenvalue weighted by molar-refractivity contribution is -0.119. The van der Waals surface area contributed by atoms with E-state index >= 15 is 0 Å². The van der Waals surface area contributed by atoms with Crippen molar-refractivity contribution in [3.8, 4) is 0 Å². The van der Waals surface area contributed by atoms with Gasteiger partial charge in [-0.05, 0) is 42.8 Å². The minimum Gasteiger partial charge on any atom is -0.452 e. The molecule has 120 valence electrons. The van der Waals surface area contributed by atoms with Crippen molar-refractivity contribution in [3.05, 3.63) is 62.8 Å². The van der Waals surface area contributed by atoms with Crippen LogP contribution in [0.25, 0.3) is 0 Å². The number of esters is 1. The largest absolute Gasteiger partial charge is 0.452 e. The zero-order valence-electron chi connectivity index (χ0n) is 12.0. The van der Waals surface area contributed by atoms with Gasteiger partial charge in [-0.15, -0.1) is 0 Å². The van der Waals surface area contributed by atoms with E-state index in [1.54, 1.807) is 12.1 Å². The van der Waals surface area contributed by atoms with E-state index in [1.807, 2.05) is 13.0 Å². The Hall–Kier alpha value is -1.92. The van der Waals surface area contributed by atoms with E-state index in [1.165, 1.54) is 12.1 Å². The van der Waals surface area contributed by atoms with Crippen LogP contribution in [-0.4, -0.2) is 18.5 Å². The average Bonchev–Trinajstić information content (AvgIpc) is 2.48. The molecule has 1 amide bonds. The van der Waals surface area contributed by atoms with Gasteiger partial charge in [-0.3, -0.25) is 4.79 Å². The van der Waals surface area contributed by atoms with Crippen molar-refractivity contribution in [1.82, 2.24) is 0 Å². The zero-order chi connectivity index (χ0) is 17.0. The summed E-state index contributed by atoms with van der Waals surface area (Å²) in [5.74, 6) is -2.32. The van der Waals surface area contributed by atoms with Crippen LogP contribution < -0.4 is 5.32 Å². The number of rotatable bonds is 4. The number of nitrogens with one attached hydrogen (secondary N) is 1. The van der Waals surface area contributed by atoms with Crippen molar-refractivity contribution in [3.63, 3.8) is 0 Å². The molecule has 2 rings (SSSR count). The molecule has 4 nitrogen and oxygen atoms in total. The number of carbonyl (C=O) groups is 2. The Morgan fingerprint density at radius 2 is 2.04 bits per heavy atom. The number of anilines is 1. The first-order valence-corrected chi connectivity index (χ1v) is 7.72. The Balaban J connectivity index is 1.98. The molecule has 1 N–H and O–H groups in total.